The molecule has 0 bridgehead atoms. The molecule has 1 saturated carbocycles. The van der Waals surface area contributed by atoms with E-state index < -0.39 is 0 Å². The monoisotopic (exact) mass is 330 g/mol. The molecule has 0 aromatic heterocycles. The van der Waals surface area contributed by atoms with Crippen molar-refractivity contribution in [3.63, 3.8) is 0 Å². The molecular formula is C22H34O2. The molecule has 0 amide bonds. The van der Waals surface area contributed by atoms with Crippen molar-refractivity contribution in [1.82, 2.24) is 0 Å². The van der Waals surface area contributed by atoms with Crippen LogP contribution in [-0.4, -0.2) is 12.1 Å². The number of ether oxygens (including phenoxy) is 1. The number of carbonyl (C=O) groups excluding carboxylic acids is 1. The Kier molecular flexibility index (Phi) is 6.11. The van der Waals surface area contributed by atoms with Gasteiger partial charge in [-0.3, -0.25) is 4.79 Å². The Morgan fingerprint density at radius 2 is 2.00 bits per heavy atom. The molecule has 0 saturated heterocycles. The van der Waals surface area contributed by atoms with E-state index in [0.717, 1.165) is 25.7 Å². The number of esters is 1. The van der Waals surface area contributed by atoms with E-state index in [9.17, 15) is 4.79 Å². The van der Waals surface area contributed by atoms with Crippen molar-refractivity contribution in [2.75, 3.05) is 0 Å². The van der Waals surface area contributed by atoms with Crippen molar-refractivity contribution in [1.29, 1.82) is 0 Å². The Labute approximate surface area is 148 Å². The maximum atomic E-state index is 11.6. The van der Waals surface area contributed by atoms with Gasteiger partial charge in [-0.1, -0.05) is 36.8 Å². The second kappa shape index (κ2) is 7.72. The molecule has 2 rings (SSSR count). The Morgan fingerprint density at radius 3 is 2.62 bits per heavy atom. The number of carbonyl (C=O) groups is 1. The fraction of sp³-hybridized carbons (Fsp3) is 0.682. The molecule has 0 aromatic rings. The summed E-state index contributed by atoms with van der Waals surface area (Å²) >= 11 is 0. The summed E-state index contributed by atoms with van der Waals surface area (Å²) < 4.78 is 5.73. The maximum Gasteiger partial charge on any atom is 0.303 e. The van der Waals surface area contributed by atoms with Gasteiger partial charge in [0, 0.05) is 6.92 Å². The van der Waals surface area contributed by atoms with Crippen LogP contribution in [-0.2, 0) is 9.53 Å². The third-order valence-corrected chi connectivity index (χ3v) is 6.23. The molecule has 2 aliphatic rings. The van der Waals surface area contributed by atoms with Crippen LogP contribution in [0, 0.1) is 17.3 Å². The number of rotatable bonds is 2. The third-order valence-electron chi connectivity index (χ3n) is 6.23. The van der Waals surface area contributed by atoms with Crippen LogP contribution in [0.4, 0.5) is 0 Å². The van der Waals surface area contributed by atoms with Gasteiger partial charge in [0.2, 0.25) is 0 Å². The molecule has 0 aliphatic heterocycles. The lowest BCUT2D eigenvalue weighted by Gasteiger charge is -2.37. The highest BCUT2D eigenvalue weighted by molar-refractivity contribution is 5.66. The maximum absolute atomic E-state index is 11.6. The van der Waals surface area contributed by atoms with Gasteiger partial charge < -0.3 is 4.74 Å². The van der Waals surface area contributed by atoms with Gasteiger partial charge in [-0.05, 0) is 82.1 Å². The lowest BCUT2D eigenvalue weighted by Crippen LogP contribution is -2.32. The fourth-order valence-corrected chi connectivity index (χ4v) is 4.66. The molecular weight excluding hydrogens is 296 g/mol. The van der Waals surface area contributed by atoms with E-state index in [0.29, 0.717) is 11.8 Å². The Hall–Kier alpha value is -1.31. The lowest BCUT2D eigenvalue weighted by molar-refractivity contribution is -0.146. The van der Waals surface area contributed by atoms with Crippen LogP contribution in [0.1, 0.15) is 73.1 Å². The Bertz CT molecular complexity index is 554. The van der Waals surface area contributed by atoms with Crippen LogP contribution in [0.2, 0.25) is 0 Å². The van der Waals surface area contributed by atoms with Crippen molar-refractivity contribution in [2.45, 2.75) is 79.2 Å². The summed E-state index contributed by atoms with van der Waals surface area (Å²) in [5, 5.41) is 0. The molecule has 0 spiro atoms. The first-order valence-electron chi connectivity index (χ1n) is 9.38. The minimum Gasteiger partial charge on any atom is -0.458 e. The molecule has 0 radical (unpaired) electrons. The zero-order chi connectivity index (χ0) is 17.9. The van der Waals surface area contributed by atoms with E-state index in [4.69, 9.17) is 4.74 Å². The summed E-state index contributed by atoms with van der Waals surface area (Å²) in [6, 6.07) is 0. The van der Waals surface area contributed by atoms with Crippen LogP contribution in [0.25, 0.3) is 0 Å². The molecule has 0 heterocycles. The lowest BCUT2D eigenvalue weighted by atomic mass is 9.70. The average Bonchev–Trinajstić information content (AvgIpc) is 2.79. The van der Waals surface area contributed by atoms with Crippen LogP contribution in [0.3, 0.4) is 0 Å². The molecule has 24 heavy (non-hydrogen) atoms. The highest BCUT2D eigenvalue weighted by Gasteiger charge is 2.46. The predicted molar refractivity (Wildman–Crippen MR) is 101 cm³/mol. The topological polar surface area (TPSA) is 26.3 Å². The zero-order valence-corrected chi connectivity index (χ0v) is 16.2. The van der Waals surface area contributed by atoms with Crippen molar-refractivity contribution in [3.05, 3.63) is 35.5 Å². The fourth-order valence-electron chi connectivity index (χ4n) is 4.66. The third kappa shape index (κ3) is 4.40. The molecule has 2 heteroatoms. The summed E-state index contributed by atoms with van der Waals surface area (Å²) in [5.74, 6) is 1.00. The SMILES string of the molecule is C=C(C)[C@@H]1CC[C@]2(C)C[C@H](OC(C)=O)/C(C)=C\CC/C(C)=C\C[C@@H]12. The molecule has 0 aromatic carbocycles. The minimum absolute atomic E-state index is 0.0859. The van der Waals surface area contributed by atoms with Gasteiger partial charge >= 0.3 is 5.97 Å². The predicted octanol–water partition coefficient (Wildman–Crippen LogP) is 5.99. The van der Waals surface area contributed by atoms with Crippen molar-refractivity contribution >= 4 is 5.97 Å². The smallest absolute Gasteiger partial charge is 0.303 e. The number of hydrogen-bond acceptors (Lipinski definition) is 2. The van der Waals surface area contributed by atoms with Gasteiger partial charge in [0.15, 0.2) is 0 Å². The summed E-state index contributed by atoms with van der Waals surface area (Å²) in [6.45, 7) is 14.7. The van der Waals surface area contributed by atoms with Crippen molar-refractivity contribution in [2.24, 2.45) is 17.3 Å². The van der Waals surface area contributed by atoms with Gasteiger partial charge in [-0.15, -0.1) is 0 Å². The molecule has 0 N–H and O–H groups in total. The van der Waals surface area contributed by atoms with Gasteiger partial charge in [-0.2, -0.15) is 0 Å². The minimum atomic E-state index is -0.175. The van der Waals surface area contributed by atoms with E-state index in [1.54, 1.807) is 0 Å². The van der Waals surface area contributed by atoms with Crippen LogP contribution in [0.5, 0.6) is 0 Å². The summed E-state index contributed by atoms with van der Waals surface area (Å²) in [7, 11) is 0. The van der Waals surface area contributed by atoms with Gasteiger partial charge in [0.25, 0.3) is 0 Å². The van der Waals surface area contributed by atoms with E-state index >= 15 is 0 Å². The summed E-state index contributed by atoms with van der Waals surface area (Å²) in [5.41, 5.74) is 4.18. The standard InChI is InChI=1S/C22H34O2/c1-15(2)19-12-13-22(6)14-21(24-18(5)23)17(4)9-7-8-16(3)10-11-20(19)22/h9-10,19-21H,1,7-8,11-14H2,2-6H3/b16-10-,17-9-/t19-,20-,21-,22+/m0/s1. The van der Waals surface area contributed by atoms with E-state index in [-0.39, 0.29) is 17.5 Å². The van der Waals surface area contributed by atoms with Crippen molar-refractivity contribution < 1.29 is 9.53 Å². The summed E-state index contributed by atoms with van der Waals surface area (Å²) in [6.07, 6.45) is 11.2. The molecule has 2 nitrogen and oxygen atoms in total. The molecule has 2 aliphatic carbocycles. The van der Waals surface area contributed by atoms with Crippen LogP contribution < -0.4 is 0 Å². The summed E-state index contributed by atoms with van der Waals surface area (Å²) in [4.78, 5) is 11.6. The molecule has 4 atom stereocenters. The van der Waals surface area contributed by atoms with E-state index in [2.05, 4.69) is 46.4 Å². The first kappa shape index (κ1) is 19.0. The number of fused-ring (bicyclic) bond motifs is 1. The second-order valence-electron chi connectivity index (χ2n) is 8.33. The average molecular weight is 331 g/mol. The molecule has 1 fully saturated rings. The largest absolute Gasteiger partial charge is 0.458 e. The van der Waals surface area contributed by atoms with Crippen LogP contribution in [0.15, 0.2) is 35.5 Å². The van der Waals surface area contributed by atoms with E-state index in [1.165, 1.54) is 36.5 Å². The van der Waals surface area contributed by atoms with E-state index in [1.807, 2.05) is 0 Å². The van der Waals surface area contributed by atoms with Crippen LogP contribution >= 0.6 is 0 Å². The Balaban J connectivity index is 2.37. The molecule has 0 unspecified atom stereocenters. The van der Waals surface area contributed by atoms with Gasteiger partial charge in [0.05, 0.1) is 0 Å². The highest BCUT2D eigenvalue weighted by Crippen LogP contribution is 2.54. The zero-order valence-electron chi connectivity index (χ0n) is 16.2. The van der Waals surface area contributed by atoms with Crippen molar-refractivity contribution in [3.8, 4) is 0 Å². The first-order valence-corrected chi connectivity index (χ1v) is 9.38. The normalized spacial score (nSPS) is 38.8. The second-order valence-corrected chi connectivity index (χ2v) is 8.33. The number of allylic oxidation sites excluding steroid dienone is 4. The first-order chi connectivity index (χ1) is 11.2. The van der Waals surface area contributed by atoms with Gasteiger partial charge in [-0.25, -0.2) is 0 Å². The highest BCUT2D eigenvalue weighted by atomic mass is 16.5. The quantitative estimate of drug-likeness (QED) is 0.459. The van der Waals surface area contributed by atoms with Gasteiger partial charge in [0.1, 0.15) is 6.10 Å². The molecule has 134 valence electrons. The Morgan fingerprint density at radius 1 is 1.29 bits per heavy atom. The number of hydrogen-bond donors (Lipinski definition) is 0.